The average Bonchev–Trinajstić information content (AvgIpc) is 2.11. The second-order valence-corrected chi connectivity index (χ2v) is 3.27. The molecule has 1 atom stereocenters. The molecule has 1 aromatic rings. The SMILES string of the molecule is Cc1cccc(N)c1NC(C)CO. The zero-order valence-corrected chi connectivity index (χ0v) is 8.04. The molecule has 13 heavy (non-hydrogen) atoms. The lowest BCUT2D eigenvalue weighted by Crippen LogP contribution is -2.20. The molecule has 0 fully saturated rings. The molecule has 4 N–H and O–H groups in total. The Labute approximate surface area is 78.6 Å². The minimum atomic E-state index is 0.0309. The number of para-hydroxylation sites is 1. The van der Waals surface area contributed by atoms with Crippen molar-refractivity contribution in [1.82, 2.24) is 0 Å². The first-order chi connectivity index (χ1) is 6.15. The van der Waals surface area contributed by atoms with Crippen LogP contribution in [0.25, 0.3) is 0 Å². The van der Waals surface area contributed by atoms with Gasteiger partial charge < -0.3 is 16.2 Å². The Balaban J connectivity index is 2.87. The molecule has 0 radical (unpaired) electrons. The summed E-state index contributed by atoms with van der Waals surface area (Å²) in [6.45, 7) is 4.00. The predicted octanol–water partition coefficient (Wildman–Crippen LogP) is 1.37. The minimum absolute atomic E-state index is 0.0309. The number of nitrogens with two attached hydrogens (primary N) is 1. The van der Waals surface area contributed by atoms with Crippen LogP contribution in [0, 0.1) is 6.92 Å². The van der Waals surface area contributed by atoms with Gasteiger partial charge in [0.2, 0.25) is 0 Å². The summed E-state index contributed by atoms with van der Waals surface area (Å²) in [4.78, 5) is 0. The van der Waals surface area contributed by atoms with E-state index in [0.29, 0.717) is 0 Å². The Hall–Kier alpha value is -1.22. The van der Waals surface area contributed by atoms with Gasteiger partial charge in [0.05, 0.1) is 18.0 Å². The van der Waals surface area contributed by atoms with E-state index in [9.17, 15) is 0 Å². The maximum atomic E-state index is 8.87. The molecule has 3 nitrogen and oxygen atoms in total. The lowest BCUT2D eigenvalue weighted by molar-refractivity contribution is 0.281. The Morgan fingerprint density at radius 3 is 2.77 bits per heavy atom. The molecule has 0 heterocycles. The third-order valence-corrected chi connectivity index (χ3v) is 1.97. The molecule has 0 aliphatic heterocycles. The van der Waals surface area contributed by atoms with Gasteiger partial charge in [0, 0.05) is 6.04 Å². The van der Waals surface area contributed by atoms with Gasteiger partial charge in [0.15, 0.2) is 0 Å². The first-order valence-corrected chi connectivity index (χ1v) is 4.37. The second-order valence-electron chi connectivity index (χ2n) is 3.27. The number of hydrogen-bond acceptors (Lipinski definition) is 3. The summed E-state index contributed by atoms with van der Waals surface area (Å²) in [5.74, 6) is 0. The van der Waals surface area contributed by atoms with Crippen LogP contribution in [-0.2, 0) is 0 Å². The summed E-state index contributed by atoms with van der Waals surface area (Å²) in [7, 11) is 0. The fourth-order valence-corrected chi connectivity index (χ4v) is 1.18. The number of aryl methyl sites for hydroxylation is 1. The molecule has 0 spiro atoms. The van der Waals surface area contributed by atoms with E-state index in [1.54, 1.807) is 0 Å². The van der Waals surface area contributed by atoms with E-state index in [1.807, 2.05) is 32.0 Å². The summed E-state index contributed by atoms with van der Waals surface area (Å²) >= 11 is 0. The van der Waals surface area contributed by atoms with Crippen molar-refractivity contribution in [3.8, 4) is 0 Å². The van der Waals surface area contributed by atoms with Crippen molar-refractivity contribution in [3.63, 3.8) is 0 Å². The molecule has 0 saturated carbocycles. The first kappa shape index (κ1) is 9.86. The van der Waals surface area contributed by atoms with Crippen molar-refractivity contribution in [3.05, 3.63) is 23.8 Å². The van der Waals surface area contributed by atoms with Crippen LogP contribution in [0.4, 0.5) is 11.4 Å². The third-order valence-electron chi connectivity index (χ3n) is 1.97. The maximum Gasteiger partial charge on any atom is 0.0630 e. The predicted molar refractivity (Wildman–Crippen MR) is 55.8 cm³/mol. The van der Waals surface area contributed by atoms with Crippen LogP contribution in [0.1, 0.15) is 12.5 Å². The zero-order chi connectivity index (χ0) is 9.84. The third kappa shape index (κ3) is 2.36. The number of hydrogen-bond donors (Lipinski definition) is 3. The highest BCUT2D eigenvalue weighted by molar-refractivity contribution is 5.70. The van der Waals surface area contributed by atoms with Crippen LogP contribution < -0.4 is 11.1 Å². The number of aliphatic hydroxyl groups is 1. The first-order valence-electron chi connectivity index (χ1n) is 4.37. The number of anilines is 2. The molecule has 0 aromatic heterocycles. The normalized spacial score (nSPS) is 12.5. The maximum absolute atomic E-state index is 8.87. The summed E-state index contributed by atoms with van der Waals surface area (Å²) < 4.78 is 0. The second kappa shape index (κ2) is 4.14. The van der Waals surface area contributed by atoms with Gasteiger partial charge in [0.25, 0.3) is 0 Å². The summed E-state index contributed by atoms with van der Waals surface area (Å²) in [6.07, 6.45) is 0. The molecular formula is C10H16N2O. The lowest BCUT2D eigenvalue weighted by Gasteiger charge is -2.16. The number of nitrogen functional groups attached to an aromatic ring is 1. The number of benzene rings is 1. The van der Waals surface area contributed by atoms with E-state index in [2.05, 4.69) is 5.32 Å². The smallest absolute Gasteiger partial charge is 0.0630 e. The fraction of sp³-hybridized carbons (Fsp3) is 0.400. The number of rotatable bonds is 3. The van der Waals surface area contributed by atoms with Crippen molar-refractivity contribution >= 4 is 11.4 Å². The number of aliphatic hydroxyl groups excluding tert-OH is 1. The standard InChI is InChI=1S/C10H16N2O/c1-7-4-3-5-9(11)10(7)12-8(2)6-13/h3-5,8,12-13H,6,11H2,1-2H3. The Morgan fingerprint density at radius 2 is 2.23 bits per heavy atom. The van der Waals surface area contributed by atoms with Crippen molar-refractivity contribution in [1.29, 1.82) is 0 Å². The highest BCUT2D eigenvalue weighted by Gasteiger charge is 2.05. The van der Waals surface area contributed by atoms with Gasteiger partial charge in [-0.3, -0.25) is 0 Å². The Morgan fingerprint density at radius 1 is 1.54 bits per heavy atom. The minimum Gasteiger partial charge on any atom is -0.397 e. The van der Waals surface area contributed by atoms with E-state index < -0.39 is 0 Å². The van der Waals surface area contributed by atoms with Crippen LogP contribution in [0.2, 0.25) is 0 Å². The van der Waals surface area contributed by atoms with Gasteiger partial charge in [-0.25, -0.2) is 0 Å². The van der Waals surface area contributed by atoms with Crippen LogP contribution in [0.15, 0.2) is 18.2 Å². The van der Waals surface area contributed by atoms with Crippen LogP contribution in [0.5, 0.6) is 0 Å². The topological polar surface area (TPSA) is 58.3 Å². The van der Waals surface area contributed by atoms with E-state index >= 15 is 0 Å². The monoisotopic (exact) mass is 180 g/mol. The molecule has 1 unspecified atom stereocenters. The van der Waals surface area contributed by atoms with Gasteiger partial charge >= 0.3 is 0 Å². The molecule has 1 rings (SSSR count). The van der Waals surface area contributed by atoms with Crippen molar-refractivity contribution in [2.75, 3.05) is 17.7 Å². The Bertz CT molecular complexity index is 266. The number of nitrogens with one attached hydrogen (secondary N) is 1. The van der Waals surface area contributed by atoms with E-state index in [-0.39, 0.29) is 12.6 Å². The van der Waals surface area contributed by atoms with Gasteiger partial charge in [-0.1, -0.05) is 12.1 Å². The molecule has 72 valence electrons. The van der Waals surface area contributed by atoms with Crippen LogP contribution in [-0.4, -0.2) is 17.8 Å². The summed E-state index contributed by atoms with van der Waals surface area (Å²) in [5.41, 5.74) is 8.52. The highest BCUT2D eigenvalue weighted by atomic mass is 16.3. The zero-order valence-electron chi connectivity index (χ0n) is 8.04. The van der Waals surface area contributed by atoms with Gasteiger partial charge in [-0.15, -0.1) is 0 Å². The summed E-state index contributed by atoms with van der Waals surface area (Å²) in [6, 6.07) is 5.78. The molecule has 0 aliphatic rings. The van der Waals surface area contributed by atoms with E-state index in [4.69, 9.17) is 10.8 Å². The molecular weight excluding hydrogens is 164 g/mol. The van der Waals surface area contributed by atoms with Crippen LogP contribution in [0.3, 0.4) is 0 Å². The van der Waals surface area contributed by atoms with Crippen molar-refractivity contribution in [2.24, 2.45) is 0 Å². The largest absolute Gasteiger partial charge is 0.397 e. The van der Waals surface area contributed by atoms with Crippen LogP contribution >= 0.6 is 0 Å². The fourth-order valence-electron chi connectivity index (χ4n) is 1.18. The molecule has 1 aromatic carbocycles. The molecule has 3 heteroatoms. The van der Waals surface area contributed by atoms with Crippen molar-refractivity contribution < 1.29 is 5.11 Å². The highest BCUT2D eigenvalue weighted by Crippen LogP contribution is 2.22. The summed E-state index contributed by atoms with van der Waals surface area (Å²) in [5, 5.41) is 12.0. The average molecular weight is 180 g/mol. The molecule has 0 amide bonds. The van der Waals surface area contributed by atoms with E-state index in [0.717, 1.165) is 16.9 Å². The quantitative estimate of drug-likeness (QED) is 0.616. The van der Waals surface area contributed by atoms with E-state index in [1.165, 1.54) is 0 Å². The van der Waals surface area contributed by atoms with Gasteiger partial charge in [-0.2, -0.15) is 0 Å². The van der Waals surface area contributed by atoms with Crippen molar-refractivity contribution in [2.45, 2.75) is 19.9 Å². The van der Waals surface area contributed by atoms with Gasteiger partial charge in [0.1, 0.15) is 0 Å². The molecule has 0 bridgehead atoms. The lowest BCUT2D eigenvalue weighted by atomic mass is 10.1. The molecule has 0 saturated heterocycles. The van der Waals surface area contributed by atoms with Gasteiger partial charge in [-0.05, 0) is 25.5 Å². The Kier molecular flexibility index (Phi) is 3.14. The molecule has 0 aliphatic carbocycles.